The molecule has 1 N–H and O–H groups in total. The molecule has 0 spiro atoms. The maximum absolute atomic E-state index is 11.0. The Hall–Kier alpha value is -0.650. The molecule has 0 radical (unpaired) electrons. The van der Waals surface area contributed by atoms with Crippen LogP contribution in [0.5, 0.6) is 0 Å². The molecule has 1 heterocycles. The van der Waals surface area contributed by atoms with Gasteiger partial charge in [0.2, 0.25) is 0 Å². The van der Waals surface area contributed by atoms with E-state index in [0.717, 1.165) is 19.6 Å². The zero-order valence-electron chi connectivity index (χ0n) is 10.6. The summed E-state index contributed by atoms with van der Waals surface area (Å²) in [5.74, 6) is -0.877. The van der Waals surface area contributed by atoms with Crippen LogP contribution >= 0.6 is 0 Å². The van der Waals surface area contributed by atoms with E-state index in [1.807, 2.05) is 0 Å². The highest BCUT2D eigenvalue weighted by Crippen LogP contribution is 2.10. The number of ether oxygens (including phenoxy) is 2. The molecule has 1 unspecified atom stereocenters. The van der Waals surface area contributed by atoms with Crippen molar-refractivity contribution in [3.63, 3.8) is 0 Å². The molecule has 1 aliphatic heterocycles. The third-order valence-corrected chi connectivity index (χ3v) is 3.04. The van der Waals surface area contributed by atoms with Crippen molar-refractivity contribution < 1.29 is 19.4 Å². The fraction of sp³-hybridized carbons (Fsp3) is 0.917. The minimum Gasteiger partial charge on any atom is -0.479 e. The van der Waals surface area contributed by atoms with Crippen molar-refractivity contribution in [3.05, 3.63) is 0 Å². The van der Waals surface area contributed by atoms with E-state index >= 15 is 0 Å². The standard InChI is InChI=1S/C12H23NO4/c1-16-9-10-17-11(12(14)15)5-8-13-6-3-2-4-7-13/h11H,2-10H2,1H3,(H,14,15). The molecule has 1 aliphatic rings. The number of hydrogen-bond acceptors (Lipinski definition) is 4. The first-order chi connectivity index (χ1) is 8.24. The average Bonchev–Trinajstić information content (AvgIpc) is 2.34. The molecule has 5 heteroatoms. The van der Waals surface area contributed by atoms with Gasteiger partial charge in [0.25, 0.3) is 0 Å². The number of likely N-dealkylation sites (tertiary alicyclic amines) is 1. The molecule has 1 fully saturated rings. The summed E-state index contributed by atoms with van der Waals surface area (Å²) in [6, 6.07) is 0. The largest absolute Gasteiger partial charge is 0.479 e. The number of piperidine rings is 1. The number of carboxylic acids is 1. The van der Waals surface area contributed by atoms with Crippen LogP contribution in [0.3, 0.4) is 0 Å². The highest BCUT2D eigenvalue weighted by atomic mass is 16.5. The zero-order valence-corrected chi connectivity index (χ0v) is 10.6. The summed E-state index contributed by atoms with van der Waals surface area (Å²) >= 11 is 0. The molecule has 0 amide bonds. The van der Waals surface area contributed by atoms with Crippen molar-refractivity contribution in [3.8, 4) is 0 Å². The normalized spacial score (nSPS) is 19.1. The van der Waals surface area contributed by atoms with Crippen molar-refractivity contribution in [2.45, 2.75) is 31.8 Å². The van der Waals surface area contributed by atoms with E-state index in [-0.39, 0.29) is 0 Å². The Kier molecular flexibility index (Phi) is 7.16. The van der Waals surface area contributed by atoms with Gasteiger partial charge < -0.3 is 19.5 Å². The van der Waals surface area contributed by atoms with Crippen molar-refractivity contribution in [1.29, 1.82) is 0 Å². The maximum Gasteiger partial charge on any atom is 0.332 e. The van der Waals surface area contributed by atoms with Crippen LogP contribution in [-0.2, 0) is 14.3 Å². The molecule has 0 aromatic heterocycles. The second kappa shape index (κ2) is 8.44. The first-order valence-electron chi connectivity index (χ1n) is 6.29. The Morgan fingerprint density at radius 3 is 2.59 bits per heavy atom. The lowest BCUT2D eigenvalue weighted by atomic mass is 10.1. The van der Waals surface area contributed by atoms with Crippen LogP contribution < -0.4 is 0 Å². The summed E-state index contributed by atoms with van der Waals surface area (Å²) in [7, 11) is 1.58. The van der Waals surface area contributed by atoms with Gasteiger partial charge in [0.15, 0.2) is 6.10 Å². The summed E-state index contributed by atoms with van der Waals surface area (Å²) < 4.78 is 10.1. The SMILES string of the molecule is COCCOC(CCN1CCCCC1)C(=O)O. The molecular weight excluding hydrogens is 222 g/mol. The Bertz CT molecular complexity index is 217. The minimum atomic E-state index is -0.877. The van der Waals surface area contributed by atoms with Gasteiger partial charge in [-0.05, 0) is 32.4 Å². The predicted molar refractivity (Wildman–Crippen MR) is 64.2 cm³/mol. The van der Waals surface area contributed by atoms with Crippen LogP contribution in [0.4, 0.5) is 0 Å². The first-order valence-corrected chi connectivity index (χ1v) is 6.29. The van der Waals surface area contributed by atoms with Gasteiger partial charge in [-0.15, -0.1) is 0 Å². The molecule has 0 aromatic rings. The molecule has 0 bridgehead atoms. The quantitative estimate of drug-likeness (QED) is 0.646. The van der Waals surface area contributed by atoms with Gasteiger partial charge in [-0.3, -0.25) is 0 Å². The van der Waals surface area contributed by atoms with Gasteiger partial charge in [0, 0.05) is 13.7 Å². The third kappa shape index (κ3) is 6.00. The lowest BCUT2D eigenvalue weighted by molar-refractivity contribution is -0.151. The highest BCUT2D eigenvalue weighted by Gasteiger charge is 2.19. The third-order valence-electron chi connectivity index (χ3n) is 3.04. The Morgan fingerprint density at radius 1 is 1.29 bits per heavy atom. The van der Waals surface area contributed by atoms with Gasteiger partial charge >= 0.3 is 5.97 Å². The number of carbonyl (C=O) groups is 1. The molecule has 17 heavy (non-hydrogen) atoms. The number of nitrogens with zero attached hydrogens (tertiary/aromatic N) is 1. The molecule has 0 saturated carbocycles. The average molecular weight is 245 g/mol. The van der Waals surface area contributed by atoms with Crippen LogP contribution in [0.1, 0.15) is 25.7 Å². The maximum atomic E-state index is 11.0. The van der Waals surface area contributed by atoms with Gasteiger partial charge in [-0.25, -0.2) is 4.79 Å². The predicted octanol–water partition coefficient (Wildman–Crippen LogP) is 0.979. The van der Waals surface area contributed by atoms with E-state index < -0.39 is 12.1 Å². The minimum absolute atomic E-state index is 0.341. The van der Waals surface area contributed by atoms with E-state index in [4.69, 9.17) is 14.6 Å². The van der Waals surface area contributed by atoms with Crippen LogP contribution in [0.25, 0.3) is 0 Å². The van der Waals surface area contributed by atoms with Crippen molar-refractivity contribution in [2.75, 3.05) is 40.0 Å². The molecule has 5 nitrogen and oxygen atoms in total. The van der Waals surface area contributed by atoms with Crippen molar-refractivity contribution in [1.82, 2.24) is 4.90 Å². The van der Waals surface area contributed by atoms with Crippen LogP contribution in [0.15, 0.2) is 0 Å². The van der Waals surface area contributed by atoms with Crippen LogP contribution in [0.2, 0.25) is 0 Å². The number of methoxy groups -OCH3 is 1. The molecule has 0 aromatic carbocycles. The molecule has 1 rings (SSSR count). The van der Waals surface area contributed by atoms with Gasteiger partial charge in [0.1, 0.15) is 0 Å². The number of aliphatic carboxylic acids is 1. The Morgan fingerprint density at radius 2 is 2.00 bits per heavy atom. The molecule has 100 valence electrons. The summed E-state index contributed by atoms with van der Waals surface area (Å²) in [6.45, 7) is 3.76. The van der Waals surface area contributed by atoms with Crippen LogP contribution in [-0.4, -0.2) is 62.0 Å². The Labute approximate surface area is 103 Å². The summed E-state index contributed by atoms with van der Waals surface area (Å²) in [6.07, 6.45) is 3.60. The van der Waals surface area contributed by atoms with E-state index in [0.29, 0.717) is 19.6 Å². The van der Waals surface area contributed by atoms with E-state index in [1.165, 1.54) is 19.3 Å². The van der Waals surface area contributed by atoms with Gasteiger partial charge in [0.05, 0.1) is 13.2 Å². The number of carboxylic acid groups (broad SMARTS) is 1. The Balaban J connectivity index is 2.20. The van der Waals surface area contributed by atoms with E-state index in [9.17, 15) is 4.79 Å². The molecular formula is C12H23NO4. The summed E-state index contributed by atoms with van der Waals surface area (Å²) in [5.41, 5.74) is 0. The molecule has 1 atom stereocenters. The lowest BCUT2D eigenvalue weighted by Gasteiger charge is -2.27. The smallest absolute Gasteiger partial charge is 0.332 e. The fourth-order valence-corrected chi connectivity index (χ4v) is 2.03. The monoisotopic (exact) mass is 245 g/mol. The fourth-order valence-electron chi connectivity index (χ4n) is 2.03. The van der Waals surface area contributed by atoms with Gasteiger partial charge in [-0.2, -0.15) is 0 Å². The molecule has 0 aliphatic carbocycles. The highest BCUT2D eigenvalue weighted by molar-refractivity contribution is 5.72. The van der Waals surface area contributed by atoms with Crippen molar-refractivity contribution >= 4 is 5.97 Å². The zero-order chi connectivity index (χ0) is 12.5. The molecule has 1 saturated heterocycles. The van der Waals surface area contributed by atoms with Gasteiger partial charge in [-0.1, -0.05) is 6.42 Å². The second-order valence-corrected chi connectivity index (χ2v) is 4.38. The van der Waals surface area contributed by atoms with Crippen LogP contribution in [0, 0.1) is 0 Å². The number of hydrogen-bond donors (Lipinski definition) is 1. The second-order valence-electron chi connectivity index (χ2n) is 4.38. The lowest BCUT2D eigenvalue weighted by Crippen LogP contribution is -2.35. The topological polar surface area (TPSA) is 59.0 Å². The van der Waals surface area contributed by atoms with Crippen molar-refractivity contribution in [2.24, 2.45) is 0 Å². The van der Waals surface area contributed by atoms with E-state index in [1.54, 1.807) is 7.11 Å². The summed E-state index contributed by atoms with van der Waals surface area (Å²) in [5, 5.41) is 9.02. The summed E-state index contributed by atoms with van der Waals surface area (Å²) in [4.78, 5) is 13.3. The number of rotatable bonds is 8. The van der Waals surface area contributed by atoms with E-state index in [2.05, 4.69) is 4.90 Å². The first kappa shape index (κ1) is 14.4.